The summed E-state index contributed by atoms with van der Waals surface area (Å²) in [6, 6.07) is 19.8. The molecule has 4 aromatic rings. The standard InChI is InChI=1S/C32H26F6/c1-19-15-25-26(16-20(19)2)30(32(36,37)38,24-13-9-6-10-14-24)28-18-22(4)21(3)17-27(28)29(25,31(33,34)35)23-11-7-5-8-12-23/h5-18H,1-4H3. The monoisotopic (exact) mass is 524 g/mol. The molecule has 0 aromatic heterocycles. The summed E-state index contributed by atoms with van der Waals surface area (Å²) in [5.74, 6) is 0. The Morgan fingerprint density at radius 2 is 0.658 bits per heavy atom. The minimum absolute atomic E-state index is 0.120. The molecule has 0 radical (unpaired) electrons. The molecule has 1 aliphatic rings. The van der Waals surface area contributed by atoms with Crippen LogP contribution in [0.5, 0.6) is 0 Å². The van der Waals surface area contributed by atoms with E-state index >= 15 is 26.3 Å². The Balaban J connectivity index is 2.15. The van der Waals surface area contributed by atoms with E-state index in [1.165, 1.54) is 72.8 Å². The fraction of sp³-hybridized carbons (Fsp3) is 0.250. The lowest BCUT2D eigenvalue weighted by Crippen LogP contribution is -2.56. The van der Waals surface area contributed by atoms with Gasteiger partial charge in [0.2, 0.25) is 0 Å². The number of benzene rings is 4. The fourth-order valence-electron chi connectivity index (χ4n) is 6.10. The topological polar surface area (TPSA) is 0 Å². The Kier molecular flexibility index (Phi) is 5.82. The zero-order valence-corrected chi connectivity index (χ0v) is 21.4. The largest absolute Gasteiger partial charge is 0.406 e. The van der Waals surface area contributed by atoms with Crippen LogP contribution in [0.2, 0.25) is 0 Å². The van der Waals surface area contributed by atoms with Crippen molar-refractivity contribution in [1.29, 1.82) is 0 Å². The zero-order valence-electron chi connectivity index (χ0n) is 21.4. The Morgan fingerprint density at radius 3 is 0.868 bits per heavy atom. The SMILES string of the molecule is Cc1cc2c(cc1C)C(c1ccccc1)(C(F)(F)F)c1cc(C)c(C)cc1C2(c1ccccc1)C(F)(F)F. The molecule has 1 aliphatic carbocycles. The van der Waals surface area contributed by atoms with Gasteiger partial charge in [0, 0.05) is 0 Å². The van der Waals surface area contributed by atoms with Gasteiger partial charge in [-0.1, -0.05) is 84.9 Å². The molecule has 0 bridgehead atoms. The molecule has 38 heavy (non-hydrogen) atoms. The summed E-state index contributed by atoms with van der Waals surface area (Å²) in [6.45, 7) is 6.54. The third-order valence-electron chi connectivity index (χ3n) is 8.15. The van der Waals surface area contributed by atoms with Crippen LogP contribution in [0.1, 0.15) is 55.6 Å². The Labute approximate surface area is 218 Å². The first-order valence-electron chi connectivity index (χ1n) is 12.3. The van der Waals surface area contributed by atoms with Gasteiger partial charge in [0.05, 0.1) is 0 Å². The normalized spacial score (nSPS) is 21.1. The maximum Gasteiger partial charge on any atom is 0.406 e. The Bertz CT molecular complexity index is 1340. The van der Waals surface area contributed by atoms with Crippen molar-refractivity contribution in [3.63, 3.8) is 0 Å². The molecular formula is C32H26F6. The number of rotatable bonds is 2. The van der Waals surface area contributed by atoms with Gasteiger partial charge in [-0.05, 0) is 83.3 Å². The Morgan fingerprint density at radius 1 is 0.421 bits per heavy atom. The van der Waals surface area contributed by atoms with E-state index in [0.29, 0.717) is 22.3 Å². The van der Waals surface area contributed by atoms with Gasteiger partial charge in [0.1, 0.15) is 10.8 Å². The first-order valence-corrected chi connectivity index (χ1v) is 12.3. The highest BCUT2D eigenvalue weighted by molar-refractivity contribution is 5.72. The van der Waals surface area contributed by atoms with E-state index in [0.717, 1.165) is 0 Å². The molecule has 0 aliphatic heterocycles. The molecule has 4 aromatic carbocycles. The van der Waals surface area contributed by atoms with Crippen molar-refractivity contribution in [3.05, 3.63) is 141 Å². The van der Waals surface area contributed by atoms with Gasteiger partial charge in [-0.25, -0.2) is 0 Å². The van der Waals surface area contributed by atoms with Gasteiger partial charge < -0.3 is 0 Å². The first-order chi connectivity index (χ1) is 17.8. The van der Waals surface area contributed by atoms with Crippen molar-refractivity contribution < 1.29 is 26.3 Å². The average Bonchev–Trinajstić information content (AvgIpc) is 2.84. The van der Waals surface area contributed by atoms with Crippen molar-refractivity contribution in [2.75, 3.05) is 0 Å². The molecule has 196 valence electrons. The van der Waals surface area contributed by atoms with Gasteiger partial charge in [0.25, 0.3) is 0 Å². The van der Waals surface area contributed by atoms with E-state index < -0.39 is 45.4 Å². The highest BCUT2D eigenvalue weighted by Crippen LogP contribution is 2.65. The molecule has 0 saturated heterocycles. The number of hydrogen-bond donors (Lipinski definition) is 0. The third kappa shape index (κ3) is 3.31. The van der Waals surface area contributed by atoms with Gasteiger partial charge in [-0.3, -0.25) is 0 Å². The lowest BCUT2D eigenvalue weighted by Gasteiger charge is -2.51. The zero-order chi connectivity index (χ0) is 27.7. The van der Waals surface area contributed by atoms with Crippen LogP contribution in [0.25, 0.3) is 0 Å². The van der Waals surface area contributed by atoms with Crippen molar-refractivity contribution in [3.8, 4) is 0 Å². The maximum atomic E-state index is 15.8. The van der Waals surface area contributed by atoms with Crippen LogP contribution >= 0.6 is 0 Å². The van der Waals surface area contributed by atoms with Crippen LogP contribution in [0.15, 0.2) is 84.9 Å². The molecule has 0 nitrogen and oxygen atoms in total. The summed E-state index contributed by atoms with van der Waals surface area (Å²) in [5.41, 5.74) is -5.46. The second-order valence-electron chi connectivity index (χ2n) is 10.2. The van der Waals surface area contributed by atoms with Crippen LogP contribution in [0, 0.1) is 27.7 Å². The van der Waals surface area contributed by atoms with E-state index in [1.54, 1.807) is 39.8 Å². The minimum Gasteiger partial charge on any atom is -0.169 e. The van der Waals surface area contributed by atoms with Gasteiger partial charge in [0.15, 0.2) is 0 Å². The molecule has 0 unspecified atom stereocenters. The molecule has 0 N–H and O–H groups in total. The highest BCUT2D eigenvalue weighted by atomic mass is 19.4. The molecule has 0 saturated carbocycles. The van der Waals surface area contributed by atoms with E-state index in [1.807, 2.05) is 0 Å². The fourth-order valence-corrected chi connectivity index (χ4v) is 6.10. The van der Waals surface area contributed by atoms with Crippen molar-refractivity contribution >= 4 is 0 Å². The number of halogens is 6. The molecular weight excluding hydrogens is 498 g/mol. The third-order valence-corrected chi connectivity index (χ3v) is 8.15. The van der Waals surface area contributed by atoms with Gasteiger partial charge >= 0.3 is 12.4 Å². The average molecular weight is 525 g/mol. The quantitative estimate of drug-likeness (QED) is 0.230. The van der Waals surface area contributed by atoms with Crippen molar-refractivity contribution in [2.24, 2.45) is 0 Å². The van der Waals surface area contributed by atoms with Crippen LogP contribution < -0.4 is 0 Å². The Hall–Kier alpha value is -3.54. The number of fused-ring (bicyclic) bond motifs is 2. The van der Waals surface area contributed by atoms with E-state index in [9.17, 15) is 0 Å². The minimum atomic E-state index is -4.95. The lowest BCUT2D eigenvalue weighted by molar-refractivity contribution is -0.181. The summed E-state index contributed by atoms with van der Waals surface area (Å²) in [7, 11) is 0. The summed E-state index contributed by atoms with van der Waals surface area (Å²) >= 11 is 0. The van der Waals surface area contributed by atoms with Crippen LogP contribution in [0.4, 0.5) is 26.3 Å². The van der Waals surface area contributed by atoms with Gasteiger partial charge in [-0.15, -0.1) is 0 Å². The van der Waals surface area contributed by atoms with Crippen LogP contribution in [0.3, 0.4) is 0 Å². The molecule has 0 spiro atoms. The van der Waals surface area contributed by atoms with Crippen LogP contribution in [-0.4, -0.2) is 12.4 Å². The smallest absolute Gasteiger partial charge is 0.169 e. The van der Waals surface area contributed by atoms with Crippen molar-refractivity contribution in [1.82, 2.24) is 0 Å². The van der Waals surface area contributed by atoms with Gasteiger partial charge in [-0.2, -0.15) is 26.3 Å². The molecule has 0 amide bonds. The molecule has 0 heterocycles. The van der Waals surface area contributed by atoms with Crippen LogP contribution in [-0.2, 0) is 10.8 Å². The summed E-state index contributed by atoms with van der Waals surface area (Å²) < 4.78 is 94.6. The number of hydrogen-bond acceptors (Lipinski definition) is 0. The lowest BCUT2D eigenvalue weighted by atomic mass is 9.52. The first kappa shape index (κ1) is 26.1. The summed E-state index contributed by atoms with van der Waals surface area (Å²) in [6.07, 6.45) is -9.90. The van der Waals surface area contributed by atoms with E-state index in [-0.39, 0.29) is 11.1 Å². The predicted molar refractivity (Wildman–Crippen MR) is 137 cm³/mol. The van der Waals surface area contributed by atoms with Crippen molar-refractivity contribution in [2.45, 2.75) is 50.9 Å². The summed E-state index contributed by atoms with van der Waals surface area (Å²) in [5, 5.41) is 0. The molecule has 6 heteroatoms. The maximum absolute atomic E-state index is 15.8. The highest BCUT2D eigenvalue weighted by Gasteiger charge is 2.70. The second kappa shape index (κ2) is 8.48. The van der Waals surface area contributed by atoms with E-state index in [4.69, 9.17) is 0 Å². The molecule has 0 atom stereocenters. The molecule has 0 fully saturated rings. The number of alkyl halides is 6. The summed E-state index contributed by atoms with van der Waals surface area (Å²) in [4.78, 5) is 0. The second-order valence-corrected chi connectivity index (χ2v) is 10.2. The molecule has 5 rings (SSSR count). The number of aryl methyl sites for hydroxylation is 4. The predicted octanol–water partition coefficient (Wildman–Crippen LogP) is 9.03. The van der Waals surface area contributed by atoms with E-state index in [2.05, 4.69) is 0 Å².